The third-order valence-corrected chi connectivity index (χ3v) is 9.42. The molecule has 2 saturated heterocycles. The summed E-state index contributed by atoms with van der Waals surface area (Å²) in [7, 11) is 0. The van der Waals surface area contributed by atoms with Gasteiger partial charge in [-0.25, -0.2) is 0 Å². The molecule has 0 radical (unpaired) electrons. The van der Waals surface area contributed by atoms with Crippen molar-refractivity contribution in [1.82, 2.24) is 19.6 Å². The molecule has 2 aliphatic carbocycles. The maximum Gasteiger partial charge on any atom is 0.274 e. The number of aliphatic hydroxyl groups excluding tert-OH is 1. The van der Waals surface area contributed by atoms with Crippen LogP contribution in [-0.2, 0) is 17.8 Å². The van der Waals surface area contributed by atoms with E-state index in [1.54, 1.807) is 0 Å². The summed E-state index contributed by atoms with van der Waals surface area (Å²) in [5.74, 6) is 1.70. The predicted octanol–water partition coefficient (Wildman–Crippen LogP) is 3.41. The molecule has 2 aromatic rings. The van der Waals surface area contributed by atoms with Gasteiger partial charge in [-0.1, -0.05) is 25.1 Å². The van der Waals surface area contributed by atoms with E-state index in [4.69, 9.17) is 5.10 Å². The molecule has 4 aliphatic rings. The standard InChI is InChI=1S/C29H38N4O3/c1-17-5-4-6-22(19(17)3)20-7-10-31(11-8-20)26(35)16-33-24-14-21-13-23(21)27(24)28(30-33)29(36)32-12-9-25(34)18(2)15-32/h4-6,18,20-21,23,25,34H,7-16H2,1-3H3/t18-,21-,23-,25-/m1/s1. The third kappa shape index (κ3) is 4.05. The maximum atomic E-state index is 13.5. The molecule has 3 fully saturated rings. The molecule has 2 aliphatic heterocycles. The Morgan fingerprint density at radius 2 is 1.83 bits per heavy atom. The van der Waals surface area contributed by atoms with E-state index in [-0.39, 0.29) is 30.4 Å². The number of carbonyl (C=O) groups excluding carboxylic acids is 2. The smallest absolute Gasteiger partial charge is 0.274 e. The van der Waals surface area contributed by atoms with Gasteiger partial charge >= 0.3 is 0 Å². The number of aliphatic hydroxyl groups is 1. The van der Waals surface area contributed by atoms with E-state index in [0.717, 1.165) is 50.0 Å². The molecule has 192 valence electrons. The summed E-state index contributed by atoms with van der Waals surface area (Å²) in [5, 5.41) is 14.8. The lowest BCUT2D eigenvalue weighted by molar-refractivity contribution is -0.133. The van der Waals surface area contributed by atoms with Crippen molar-refractivity contribution in [3.8, 4) is 0 Å². The first-order valence-corrected chi connectivity index (χ1v) is 13.7. The van der Waals surface area contributed by atoms with Crippen LogP contribution in [0.3, 0.4) is 0 Å². The van der Waals surface area contributed by atoms with E-state index in [1.807, 2.05) is 21.4 Å². The Bertz CT molecular complexity index is 1200. The molecule has 3 heterocycles. The highest BCUT2D eigenvalue weighted by Crippen LogP contribution is 2.57. The average Bonchev–Trinajstić information content (AvgIpc) is 3.40. The number of hydrogen-bond acceptors (Lipinski definition) is 4. The summed E-state index contributed by atoms with van der Waals surface area (Å²) < 4.78 is 1.84. The van der Waals surface area contributed by atoms with Crippen LogP contribution in [0.25, 0.3) is 0 Å². The number of hydrogen-bond donors (Lipinski definition) is 1. The van der Waals surface area contributed by atoms with Gasteiger partial charge in [-0.3, -0.25) is 14.3 Å². The minimum absolute atomic E-state index is 0.0295. The van der Waals surface area contributed by atoms with Crippen LogP contribution >= 0.6 is 0 Å². The van der Waals surface area contributed by atoms with Crippen LogP contribution in [0.5, 0.6) is 0 Å². The topological polar surface area (TPSA) is 78.7 Å². The molecule has 0 bridgehead atoms. The SMILES string of the molecule is Cc1cccc(C2CCN(C(=O)Cn3nc(C(=O)N4CC[C@@H](O)[C@H](C)C4)c4c3C[C@H]3C[C@@H]43)CC2)c1C. The molecule has 0 spiro atoms. The monoisotopic (exact) mass is 490 g/mol. The number of nitrogens with zero attached hydrogens (tertiary/aromatic N) is 4. The molecule has 1 aromatic carbocycles. The summed E-state index contributed by atoms with van der Waals surface area (Å²) in [6.45, 7) is 9.24. The second kappa shape index (κ2) is 9.02. The number of aromatic nitrogens is 2. The van der Waals surface area contributed by atoms with Gasteiger partial charge in [-0.15, -0.1) is 0 Å². The highest BCUT2D eigenvalue weighted by atomic mass is 16.3. The normalized spacial score (nSPS) is 27.7. The number of aryl methyl sites for hydroxylation is 1. The number of benzene rings is 1. The lowest BCUT2D eigenvalue weighted by Gasteiger charge is -2.34. The van der Waals surface area contributed by atoms with Crippen LogP contribution in [0.15, 0.2) is 18.2 Å². The molecular formula is C29H38N4O3. The molecule has 6 rings (SSSR count). The molecule has 2 amide bonds. The number of likely N-dealkylation sites (tertiary alicyclic amines) is 2. The van der Waals surface area contributed by atoms with E-state index < -0.39 is 0 Å². The van der Waals surface area contributed by atoms with Gasteiger partial charge in [0.15, 0.2) is 5.69 Å². The summed E-state index contributed by atoms with van der Waals surface area (Å²) in [5.41, 5.74) is 6.89. The van der Waals surface area contributed by atoms with E-state index in [1.165, 1.54) is 16.7 Å². The van der Waals surface area contributed by atoms with Gasteiger partial charge in [-0.05, 0) is 86.3 Å². The Morgan fingerprint density at radius 1 is 1.08 bits per heavy atom. The molecule has 0 unspecified atom stereocenters. The highest BCUT2D eigenvalue weighted by Gasteiger charge is 2.50. The summed E-state index contributed by atoms with van der Waals surface area (Å²) in [6.07, 6.45) is 4.30. The first-order chi connectivity index (χ1) is 17.3. The summed E-state index contributed by atoms with van der Waals surface area (Å²) in [4.78, 5) is 30.6. The second-order valence-electron chi connectivity index (χ2n) is 11.7. The van der Waals surface area contributed by atoms with Gasteiger partial charge in [0.2, 0.25) is 5.91 Å². The molecular weight excluding hydrogens is 452 g/mol. The van der Waals surface area contributed by atoms with Crippen molar-refractivity contribution < 1.29 is 14.7 Å². The van der Waals surface area contributed by atoms with Crippen molar-refractivity contribution in [1.29, 1.82) is 0 Å². The minimum Gasteiger partial charge on any atom is -0.393 e. The van der Waals surface area contributed by atoms with Gasteiger partial charge < -0.3 is 14.9 Å². The van der Waals surface area contributed by atoms with Crippen molar-refractivity contribution in [2.45, 2.75) is 77.4 Å². The van der Waals surface area contributed by atoms with Gasteiger partial charge in [0.25, 0.3) is 5.91 Å². The number of carbonyl (C=O) groups is 2. The van der Waals surface area contributed by atoms with Crippen molar-refractivity contribution in [2.75, 3.05) is 26.2 Å². The first-order valence-electron chi connectivity index (χ1n) is 13.7. The number of fused-ring (bicyclic) bond motifs is 3. The number of rotatable bonds is 4. The highest BCUT2D eigenvalue weighted by molar-refractivity contribution is 5.95. The van der Waals surface area contributed by atoms with Crippen molar-refractivity contribution in [2.24, 2.45) is 11.8 Å². The largest absolute Gasteiger partial charge is 0.393 e. The first kappa shape index (κ1) is 23.7. The second-order valence-corrected chi connectivity index (χ2v) is 11.7. The molecule has 36 heavy (non-hydrogen) atoms. The fourth-order valence-corrected chi connectivity index (χ4v) is 6.83. The molecule has 1 saturated carbocycles. The van der Waals surface area contributed by atoms with Crippen molar-refractivity contribution in [3.05, 3.63) is 51.8 Å². The number of piperidine rings is 2. The fourth-order valence-electron chi connectivity index (χ4n) is 6.83. The van der Waals surface area contributed by atoms with E-state index >= 15 is 0 Å². The van der Waals surface area contributed by atoms with Crippen LogP contribution in [0.1, 0.15) is 82.9 Å². The maximum absolute atomic E-state index is 13.5. The quantitative estimate of drug-likeness (QED) is 0.713. The van der Waals surface area contributed by atoms with Crippen LogP contribution in [-0.4, -0.2) is 68.8 Å². The number of amides is 2. The van der Waals surface area contributed by atoms with E-state index in [2.05, 4.69) is 32.0 Å². The van der Waals surface area contributed by atoms with E-state index in [0.29, 0.717) is 43.0 Å². The zero-order valence-corrected chi connectivity index (χ0v) is 21.7. The molecule has 4 atom stereocenters. The zero-order valence-electron chi connectivity index (χ0n) is 21.7. The van der Waals surface area contributed by atoms with Crippen LogP contribution in [0.2, 0.25) is 0 Å². The fraction of sp³-hybridized carbons (Fsp3) is 0.621. The Morgan fingerprint density at radius 3 is 2.58 bits per heavy atom. The van der Waals surface area contributed by atoms with Crippen LogP contribution < -0.4 is 0 Å². The Labute approximate surface area is 213 Å². The molecule has 1 N–H and O–H groups in total. The van der Waals surface area contributed by atoms with Gasteiger partial charge in [0, 0.05) is 37.4 Å². The molecule has 7 nitrogen and oxygen atoms in total. The minimum atomic E-state index is -0.346. The summed E-state index contributed by atoms with van der Waals surface area (Å²) in [6, 6.07) is 6.55. The lowest BCUT2D eigenvalue weighted by atomic mass is 9.85. The summed E-state index contributed by atoms with van der Waals surface area (Å²) >= 11 is 0. The molecule has 7 heteroatoms. The zero-order chi connectivity index (χ0) is 25.1. The van der Waals surface area contributed by atoms with E-state index in [9.17, 15) is 14.7 Å². The van der Waals surface area contributed by atoms with Gasteiger partial charge in [0.1, 0.15) is 6.54 Å². The van der Waals surface area contributed by atoms with Gasteiger partial charge in [-0.2, -0.15) is 5.10 Å². The van der Waals surface area contributed by atoms with Gasteiger partial charge in [0.05, 0.1) is 6.10 Å². The van der Waals surface area contributed by atoms with Crippen molar-refractivity contribution >= 4 is 11.8 Å². The Kier molecular flexibility index (Phi) is 5.94. The average molecular weight is 491 g/mol. The lowest BCUT2D eigenvalue weighted by Crippen LogP contribution is -2.45. The molecule has 1 aromatic heterocycles. The third-order valence-electron chi connectivity index (χ3n) is 9.42. The van der Waals surface area contributed by atoms with Crippen LogP contribution in [0.4, 0.5) is 0 Å². The van der Waals surface area contributed by atoms with Crippen molar-refractivity contribution in [3.63, 3.8) is 0 Å². The Hall–Kier alpha value is -2.67. The Balaban J connectivity index is 1.15. The predicted molar refractivity (Wildman–Crippen MR) is 137 cm³/mol. The van der Waals surface area contributed by atoms with Crippen LogP contribution in [0, 0.1) is 25.7 Å².